The van der Waals surface area contributed by atoms with Crippen molar-refractivity contribution in [3.63, 3.8) is 0 Å². The minimum atomic E-state index is -0.978. The van der Waals surface area contributed by atoms with Crippen LogP contribution >= 0.6 is 22.7 Å². The summed E-state index contributed by atoms with van der Waals surface area (Å²) in [5.74, 6) is 0. The molecule has 2 aromatic rings. The third-order valence-corrected chi connectivity index (χ3v) is 4.47. The molecule has 0 aliphatic rings. The average molecular weight is 240 g/mol. The summed E-state index contributed by atoms with van der Waals surface area (Å²) in [6.45, 7) is 3.79. The first-order chi connectivity index (χ1) is 7.00. The monoisotopic (exact) mass is 240 g/mol. The molecule has 0 amide bonds. The topological polar surface area (TPSA) is 59.1 Å². The summed E-state index contributed by atoms with van der Waals surface area (Å²) in [4.78, 5) is 6.84. The van der Waals surface area contributed by atoms with E-state index in [4.69, 9.17) is 5.73 Å². The van der Waals surface area contributed by atoms with Crippen LogP contribution in [-0.4, -0.2) is 10.1 Å². The Hall–Kier alpha value is -0.910. The van der Waals surface area contributed by atoms with E-state index in [9.17, 15) is 5.11 Å². The SMILES string of the molecule is Cc1ccc(C(C)(O)c2cnc(N)s2)s1. The first kappa shape index (κ1) is 10.6. The standard InChI is InChI=1S/C10H12N2OS2/c1-6-3-4-7(14-6)10(2,13)8-5-12-9(11)15-8/h3-5,13H,1-2H3,(H2,11,12). The van der Waals surface area contributed by atoms with Crippen molar-refractivity contribution in [3.05, 3.63) is 33.0 Å². The van der Waals surface area contributed by atoms with Gasteiger partial charge in [0.2, 0.25) is 0 Å². The fraction of sp³-hybridized carbons (Fsp3) is 0.300. The van der Waals surface area contributed by atoms with Gasteiger partial charge in [-0.3, -0.25) is 0 Å². The Labute approximate surface area is 96.2 Å². The smallest absolute Gasteiger partial charge is 0.180 e. The Bertz CT molecular complexity index is 431. The van der Waals surface area contributed by atoms with Gasteiger partial charge in [-0.1, -0.05) is 11.3 Å². The van der Waals surface area contributed by atoms with Gasteiger partial charge >= 0.3 is 0 Å². The molecule has 1 atom stereocenters. The quantitative estimate of drug-likeness (QED) is 0.847. The molecule has 15 heavy (non-hydrogen) atoms. The Morgan fingerprint density at radius 2 is 2.07 bits per heavy atom. The molecule has 2 aromatic heterocycles. The van der Waals surface area contributed by atoms with Gasteiger partial charge in [0.25, 0.3) is 0 Å². The predicted molar refractivity (Wildman–Crippen MR) is 64.3 cm³/mol. The van der Waals surface area contributed by atoms with Gasteiger partial charge in [-0.2, -0.15) is 0 Å². The van der Waals surface area contributed by atoms with Gasteiger partial charge in [-0.25, -0.2) is 4.98 Å². The highest BCUT2D eigenvalue weighted by atomic mass is 32.1. The first-order valence-corrected chi connectivity index (χ1v) is 6.14. The molecule has 5 heteroatoms. The van der Waals surface area contributed by atoms with Gasteiger partial charge in [0, 0.05) is 16.0 Å². The molecule has 0 aromatic carbocycles. The number of hydrogen-bond donors (Lipinski definition) is 2. The van der Waals surface area contributed by atoms with E-state index in [1.54, 1.807) is 24.5 Å². The number of aliphatic hydroxyl groups is 1. The maximum Gasteiger partial charge on any atom is 0.180 e. The van der Waals surface area contributed by atoms with Crippen LogP contribution in [0.5, 0.6) is 0 Å². The molecular weight excluding hydrogens is 228 g/mol. The van der Waals surface area contributed by atoms with Gasteiger partial charge in [-0.15, -0.1) is 11.3 Å². The van der Waals surface area contributed by atoms with E-state index in [0.29, 0.717) is 5.13 Å². The van der Waals surface area contributed by atoms with Gasteiger partial charge in [0.1, 0.15) is 5.60 Å². The second kappa shape index (κ2) is 3.59. The van der Waals surface area contributed by atoms with Gasteiger partial charge in [-0.05, 0) is 26.0 Å². The van der Waals surface area contributed by atoms with Crippen molar-refractivity contribution in [1.82, 2.24) is 4.98 Å². The highest BCUT2D eigenvalue weighted by Gasteiger charge is 2.29. The molecular formula is C10H12N2OS2. The number of nitrogens with two attached hydrogens (primary N) is 1. The van der Waals surface area contributed by atoms with Gasteiger partial charge < -0.3 is 10.8 Å². The third-order valence-electron chi connectivity index (χ3n) is 2.22. The minimum Gasteiger partial charge on any atom is -0.379 e. The van der Waals surface area contributed by atoms with Crippen molar-refractivity contribution >= 4 is 27.8 Å². The van der Waals surface area contributed by atoms with E-state index in [0.717, 1.165) is 9.75 Å². The third kappa shape index (κ3) is 1.90. The Morgan fingerprint density at radius 3 is 2.53 bits per heavy atom. The molecule has 0 saturated heterocycles. The van der Waals surface area contributed by atoms with Crippen molar-refractivity contribution in [1.29, 1.82) is 0 Å². The summed E-state index contributed by atoms with van der Waals surface area (Å²) in [6, 6.07) is 3.94. The minimum absolute atomic E-state index is 0.485. The summed E-state index contributed by atoms with van der Waals surface area (Å²) >= 11 is 2.91. The molecule has 1 unspecified atom stereocenters. The molecule has 0 saturated carbocycles. The molecule has 3 nitrogen and oxygen atoms in total. The summed E-state index contributed by atoms with van der Waals surface area (Å²) in [5.41, 5.74) is 4.58. The average Bonchev–Trinajstić information content (AvgIpc) is 2.74. The van der Waals surface area contributed by atoms with Crippen LogP contribution in [0.25, 0.3) is 0 Å². The Balaban J connectivity index is 2.42. The zero-order valence-corrected chi connectivity index (χ0v) is 10.2. The molecule has 0 aliphatic carbocycles. The lowest BCUT2D eigenvalue weighted by atomic mass is 10.0. The van der Waals surface area contributed by atoms with Crippen molar-refractivity contribution in [3.8, 4) is 0 Å². The van der Waals surface area contributed by atoms with Crippen LogP contribution in [0.15, 0.2) is 18.3 Å². The fourth-order valence-electron chi connectivity index (χ4n) is 1.33. The highest BCUT2D eigenvalue weighted by Crippen LogP contribution is 2.36. The normalized spacial score (nSPS) is 15.1. The number of anilines is 1. The number of nitrogens with zero attached hydrogens (tertiary/aromatic N) is 1. The lowest BCUT2D eigenvalue weighted by Crippen LogP contribution is -2.19. The molecule has 0 radical (unpaired) electrons. The summed E-state index contributed by atoms with van der Waals surface area (Å²) < 4.78 is 0. The van der Waals surface area contributed by atoms with E-state index < -0.39 is 5.60 Å². The second-order valence-electron chi connectivity index (χ2n) is 3.55. The number of rotatable bonds is 2. The molecule has 0 spiro atoms. The summed E-state index contributed by atoms with van der Waals surface area (Å²) in [6.07, 6.45) is 1.63. The number of aryl methyl sites for hydroxylation is 1. The lowest BCUT2D eigenvalue weighted by Gasteiger charge is -2.19. The molecule has 3 N–H and O–H groups in total. The van der Waals surface area contributed by atoms with Crippen LogP contribution in [0.2, 0.25) is 0 Å². The molecule has 0 aliphatic heterocycles. The van der Waals surface area contributed by atoms with Crippen molar-refractivity contribution in [2.75, 3.05) is 5.73 Å². The first-order valence-electron chi connectivity index (χ1n) is 4.51. The predicted octanol–water partition coefficient (Wildman–Crippen LogP) is 2.35. The number of aromatic nitrogens is 1. The van der Waals surface area contributed by atoms with Crippen molar-refractivity contribution < 1.29 is 5.11 Å². The zero-order chi connectivity index (χ0) is 11.1. The van der Waals surface area contributed by atoms with E-state index >= 15 is 0 Å². The van der Waals surface area contributed by atoms with Crippen molar-refractivity contribution in [2.45, 2.75) is 19.4 Å². The fourth-order valence-corrected chi connectivity index (χ4v) is 3.07. The highest BCUT2D eigenvalue weighted by molar-refractivity contribution is 7.16. The second-order valence-corrected chi connectivity index (χ2v) is 5.90. The van der Waals surface area contributed by atoms with Crippen LogP contribution in [0, 0.1) is 6.92 Å². The molecule has 0 fully saturated rings. The maximum absolute atomic E-state index is 10.4. The van der Waals surface area contributed by atoms with Crippen LogP contribution in [0.1, 0.15) is 21.6 Å². The van der Waals surface area contributed by atoms with E-state index in [1.807, 2.05) is 19.1 Å². The van der Waals surface area contributed by atoms with E-state index in [2.05, 4.69) is 4.98 Å². The number of hydrogen-bond acceptors (Lipinski definition) is 5. The Morgan fingerprint density at radius 1 is 1.33 bits per heavy atom. The molecule has 2 heterocycles. The van der Waals surface area contributed by atoms with Crippen LogP contribution < -0.4 is 5.73 Å². The Kier molecular flexibility index (Phi) is 2.54. The maximum atomic E-state index is 10.4. The molecule has 0 bridgehead atoms. The number of nitrogen functional groups attached to an aromatic ring is 1. The summed E-state index contributed by atoms with van der Waals surface area (Å²) in [5, 5.41) is 10.9. The number of thiophene rings is 1. The van der Waals surface area contributed by atoms with E-state index in [1.165, 1.54) is 16.2 Å². The van der Waals surface area contributed by atoms with E-state index in [-0.39, 0.29) is 0 Å². The molecule has 80 valence electrons. The lowest BCUT2D eigenvalue weighted by molar-refractivity contribution is 0.110. The van der Waals surface area contributed by atoms with Crippen molar-refractivity contribution in [2.24, 2.45) is 0 Å². The van der Waals surface area contributed by atoms with Crippen LogP contribution in [0.3, 0.4) is 0 Å². The largest absolute Gasteiger partial charge is 0.379 e. The van der Waals surface area contributed by atoms with Crippen LogP contribution in [-0.2, 0) is 5.60 Å². The van der Waals surface area contributed by atoms with Gasteiger partial charge in [0.05, 0.1) is 4.88 Å². The summed E-state index contributed by atoms with van der Waals surface area (Å²) in [7, 11) is 0. The number of thiazole rings is 1. The van der Waals surface area contributed by atoms with Crippen LogP contribution in [0.4, 0.5) is 5.13 Å². The van der Waals surface area contributed by atoms with Gasteiger partial charge in [0.15, 0.2) is 5.13 Å². The molecule has 2 rings (SSSR count). The zero-order valence-electron chi connectivity index (χ0n) is 8.52.